The zero-order valence-electron chi connectivity index (χ0n) is 9.12. The molecule has 88 valence electrons. The van der Waals surface area contributed by atoms with Crippen LogP contribution in [0.2, 0.25) is 5.02 Å². The molecule has 0 amide bonds. The van der Waals surface area contributed by atoms with Crippen LogP contribution in [0.5, 0.6) is 5.75 Å². The minimum Gasteiger partial charge on any atom is -0.490 e. The van der Waals surface area contributed by atoms with Gasteiger partial charge in [0.1, 0.15) is 11.9 Å². The third-order valence-corrected chi connectivity index (χ3v) is 2.94. The summed E-state index contributed by atoms with van der Waals surface area (Å²) < 4.78 is 11.2. The quantitative estimate of drug-likeness (QED) is 0.884. The second-order valence-electron chi connectivity index (χ2n) is 3.89. The SMILES string of the molecule is NCc1cc(Cl)ccc1OC1CCOCC1. The predicted molar refractivity (Wildman–Crippen MR) is 63.8 cm³/mol. The van der Waals surface area contributed by atoms with Gasteiger partial charge < -0.3 is 15.2 Å². The highest BCUT2D eigenvalue weighted by Crippen LogP contribution is 2.25. The van der Waals surface area contributed by atoms with Crippen LogP contribution in [-0.4, -0.2) is 19.3 Å². The molecule has 0 bridgehead atoms. The first-order chi connectivity index (χ1) is 7.79. The summed E-state index contributed by atoms with van der Waals surface area (Å²) >= 11 is 5.91. The van der Waals surface area contributed by atoms with Gasteiger partial charge in [-0.3, -0.25) is 0 Å². The summed E-state index contributed by atoms with van der Waals surface area (Å²) in [5, 5.41) is 0.694. The first-order valence-electron chi connectivity index (χ1n) is 5.52. The van der Waals surface area contributed by atoms with Crippen LogP contribution in [0.25, 0.3) is 0 Å². The molecule has 2 N–H and O–H groups in total. The van der Waals surface area contributed by atoms with E-state index in [9.17, 15) is 0 Å². The fourth-order valence-electron chi connectivity index (χ4n) is 1.80. The number of halogens is 1. The molecule has 0 aromatic heterocycles. The van der Waals surface area contributed by atoms with Gasteiger partial charge in [0.05, 0.1) is 13.2 Å². The van der Waals surface area contributed by atoms with E-state index in [2.05, 4.69) is 0 Å². The zero-order valence-corrected chi connectivity index (χ0v) is 9.87. The summed E-state index contributed by atoms with van der Waals surface area (Å²) in [7, 11) is 0. The Morgan fingerprint density at radius 1 is 1.38 bits per heavy atom. The van der Waals surface area contributed by atoms with Crippen molar-refractivity contribution in [2.75, 3.05) is 13.2 Å². The Hall–Kier alpha value is -0.770. The molecule has 1 aliphatic rings. The molecule has 0 saturated carbocycles. The highest BCUT2D eigenvalue weighted by molar-refractivity contribution is 6.30. The normalized spacial score (nSPS) is 17.4. The summed E-state index contributed by atoms with van der Waals surface area (Å²) in [6.07, 6.45) is 2.11. The zero-order chi connectivity index (χ0) is 11.4. The van der Waals surface area contributed by atoms with E-state index in [0.29, 0.717) is 11.6 Å². The van der Waals surface area contributed by atoms with Gasteiger partial charge in [-0.25, -0.2) is 0 Å². The van der Waals surface area contributed by atoms with Crippen LogP contribution in [0.1, 0.15) is 18.4 Å². The van der Waals surface area contributed by atoms with Crippen LogP contribution in [0.3, 0.4) is 0 Å². The van der Waals surface area contributed by atoms with E-state index in [1.165, 1.54) is 0 Å². The topological polar surface area (TPSA) is 44.5 Å². The number of hydrogen-bond acceptors (Lipinski definition) is 3. The third kappa shape index (κ3) is 2.88. The van der Waals surface area contributed by atoms with Gasteiger partial charge in [-0.2, -0.15) is 0 Å². The van der Waals surface area contributed by atoms with Crippen molar-refractivity contribution in [3.05, 3.63) is 28.8 Å². The van der Waals surface area contributed by atoms with Gasteiger partial charge in [0.15, 0.2) is 0 Å². The molecule has 16 heavy (non-hydrogen) atoms. The Morgan fingerprint density at radius 2 is 2.12 bits per heavy atom. The standard InChI is InChI=1S/C12H16ClNO2/c13-10-1-2-12(9(7-10)8-14)16-11-3-5-15-6-4-11/h1-2,7,11H,3-6,8,14H2. The number of rotatable bonds is 3. The fraction of sp³-hybridized carbons (Fsp3) is 0.500. The van der Waals surface area contributed by atoms with E-state index < -0.39 is 0 Å². The minimum absolute atomic E-state index is 0.236. The average molecular weight is 242 g/mol. The lowest BCUT2D eigenvalue weighted by Gasteiger charge is -2.24. The van der Waals surface area contributed by atoms with E-state index in [0.717, 1.165) is 37.4 Å². The smallest absolute Gasteiger partial charge is 0.124 e. The molecular weight excluding hydrogens is 226 g/mol. The molecule has 2 rings (SSSR count). The van der Waals surface area contributed by atoms with Crippen molar-refractivity contribution in [2.24, 2.45) is 5.73 Å². The molecule has 1 aromatic rings. The maximum absolute atomic E-state index is 5.91. The van der Waals surface area contributed by atoms with Crippen molar-refractivity contribution in [1.82, 2.24) is 0 Å². The van der Waals surface area contributed by atoms with Crippen LogP contribution in [0, 0.1) is 0 Å². The highest BCUT2D eigenvalue weighted by Gasteiger charge is 2.16. The lowest BCUT2D eigenvalue weighted by Crippen LogP contribution is -2.26. The summed E-state index contributed by atoms with van der Waals surface area (Å²) in [6, 6.07) is 5.57. The molecule has 1 aromatic carbocycles. The number of benzene rings is 1. The molecule has 3 nitrogen and oxygen atoms in total. The van der Waals surface area contributed by atoms with Crippen molar-refractivity contribution in [1.29, 1.82) is 0 Å². The summed E-state index contributed by atoms with van der Waals surface area (Å²) in [5.74, 6) is 0.846. The van der Waals surface area contributed by atoms with Gasteiger partial charge in [-0.1, -0.05) is 11.6 Å². The molecule has 1 aliphatic heterocycles. The van der Waals surface area contributed by atoms with Crippen LogP contribution in [0.4, 0.5) is 0 Å². The Kier molecular flexibility index (Phi) is 4.04. The monoisotopic (exact) mass is 241 g/mol. The van der Waals surface area contributed by atoms with E-state index in [4.69, 9.17) is 26.8 Å². The molecule has 0 radical (unpaired) electrons. The lowest BCUT2D eigenvalue weighted by atomic mass is 10.1. The Bertz CT molecular complexity index is 351. The second kappa shape index (κ2) is 5.53. The highest BCUT2D eigenvalue weighted by atomic mass is 35.5. The van der Waals surface area contributed by atoms with Crippen LogP contribution < -0.4 is 10.5 Å². The van der Waals surface area contributed by atoms with Crippen LogP contribution >= 0.6 is 11.6 Å². The Morgan fingerprint density at radius 3 is 2.81 bits per heavy atom. The second-order valence-corrected chi connectivity index (χ2v) is 4.32. The van der Waals surface area contributed by atoms with Gasteiger partial charge in [0.25, 0.3) is 0 Å². The number of nitrogens with two attached hydrogens (primary N) is 1. The van der Waals surface area contributed by atoms with Gasteiger partial charge >= 0.3 is 0 Å². The van der Waals surface area contributed by atoms with Gasteiger partial charge in [0, 0.05) is 30.0 Å². The third-order valence-electron chi connectivity index (χ3n) is 2.70. The van der Waals surface area contributed by atoms with E-state index in [-0.39, 0.29) is 6.10 Å². The van der Waals surface area contributed by atoms with Crippen molar-refractivity contribution >= 4 is 11.6 Å². The van der Waals surface area contributed by atoms with Gasteiger partial charge in [-0.15, -0.1) is 0 Å². The molecule has 0 spiro atoms. The first-order valence-corrected chi connectivity index (χ1v) is 5.90. The molecule has 0 aliphatic carbocycles. The number of ether oxygens (including phenoxy) is 2. The Labute approximate surface area is 100 Å². The van der Waals surface area contributed by atoms with E-state index in [1.807, 2.05) is 18.2 Å². The molecule has 0 unspecified atom stereocenters. The Balaban J connectivity index is 2.07. The summed E-state index contributed by atoms with van der Waals surface area (Å²) in [5.41, 5.74) is 6.62. The molecule has 0 atom stereocenters. The minimum atomic E-state index is 0.236. The van der Waals surface area contributed by atoms with Gasteiger partial charge in [-0.05, 0) is 18.2 Å². The fourth-order valence-corrected chi connectivity index (χ4v) is 1.99. The maximum Gasteiger partial charge on any atom is 0.124 e. The van der Waals surface area contributed by atoms with Crippen molar-refractivity contribution in [3.63, 3.8) is 0 Å². The first kappa shape index (κ1) is 11.7. The van der Waals surface area contributed by atoms with Crippen LogP contribution in [0.15, 0.2) is 18.2 Å². The van der Waals surface area contributed by atoms with Gasteiger partial charge in [0.2, 0.25) is 0 Å². The summed E-state index contributed by atoms with van der Waals surface area (Å²) in [6.45, 7) is 1.99. The van der Waals surface area contributed by atoms with Crippen molar-refractivity contribution in [3.8, 4) is 5.75 Å². The largest absolute Gasteiger partial charge is 0.490 e. The number of hydrogen-bond donors (Lipinski definition) is 1. The average Bonchev–Trinajstić information content (AvgIpc) is 2.33. The van der Waals surface area contributed by atoms with Crippen LogP contribution in [-0.2, 0) is 11.3 Å². The predicted octanol–water partition coefficient (Wildman–Crippen LogP) is 2.36. The summed E-state index contributed by atoms with van der Waals surface area (Å²) in [4.78, 5) is 0. The van der Waals surface area contributed by atoms with E-state index in [1.54, 1.807) is 0 Å². The molecule has 1 fully saturated rings. The molecule has 1 saturated heterocycles. The van der Waals surface area contributed by atoms with Crippen molar-refractivity contribution in [2.45, 2.75) is 25.5 Å². The lowest BCUT2D eigenvalue weighted by molar-refractivity contribution is 0.0252. The molecular formula is C12H16ClNO2. The molecule has 4 heteroatoms. The van der Waals surface area contributed by atoms with E-state index >= 15 is 0 Å². The maximum atomic E-state index is 5.91. The van der Waals surface area contributed by atoms with Crippen molar-refractivity contribution < 1.29 is 9.47 Å². The molecule has 1 heterocycles.